The number of piperidine rings is 1. The summed E-state index contributed by atoms with van der Waals surface area (Å²) in [5, 5.41) is 12.1. The Labute approximate surface area is 180 Å². The summed E-state index contributed by atoms with van der Waals surface area (Å²) in [5.74, 6) is 1.46. The van der Waals surface area contributed by atoms with Crippen molar-refractivity contribution in [3.8, 4) is 0 Å². The summed E-state index contributed by atoms with van der Waals surface area (Å²) in [6.07, 6.45) is 1.87. The highest BCUT2D eigenvalue weighted by Gasteiger charge is 2.22. The molecule has 158 valence electrons. The Morgan fingerprint density at radius 2 is 1.77 bits per heavy atom. The summed E-state index contributed by atoms with van der Waals surface area (Å²) in [5.41, 5.74) is 2.55. The molecular weight excluding hydrogens is 390 g/mol. The zero-order valence-electron chi connectivity index (χ0n) is 17.5. The third-order valence-electron chi connectivity index (χ3n) is 5.63. The van der Waals surface area contributed by atoms with Crippen LogP contribution in [0.25, 0.3) is 16.6 Å². The van der Waals surface area contributed by atoms with Crippen LogP contribution in [0.2, 0.25) is 0 Å². The van der Waals surface area contributed by atoms with Gasteiger partial charge in [0.25, 0.3) is 0 Å². The second-order valence-electron chi connectivity index (χ2n) is 7.96. The van der Waals surface area contributed by atoms with Gasteiger partial charge in [0.1, 0.15) is 5.82 Å². The molecule has 0 bridgehead atoms. The molecule has 8 heteroatoms. The molecule has 1 aliphatic heterocycles. The summed E-state index contributed by atoms with van der Waals surface area (Å²) in [6, 6.07) is 17.8. The maximum Gasteiger partial charge on any atom is 0.238 e. The highest BCUT2D eigenvalue weighted by molar-refractivity contribution is 5.92. The standard InChI is InChI=1S/C23H25N7O/c1-16-24-22-19-9-5-6-10-20(19)27-23(30(22)28-16)26-18-11-13-29(14-12-18)15-21(31)25-17-7-3-2-4-8-17/h2-10,18H,11-15H2,1H3,(H,25,31)(H,26,27). The van der Waals surface area contributed by atoms with Crippen molar-refractivity contribution in [1.29, 1.82) is 0 Å². The second kappa shape index (κ2) is 8.31. The van der Waals surface area contributed by atoms with Gasteiger partial charge < -0.3 is 10.6 Å². The summed E-state index contributed by atoms with van der Waals surface area (Å²) in [7, 11) is 0. The molecule has 31 heavy (non-hydrogen) atoms. The monoisotopic (exact) mass is 415 g/mol. The number of benzene rings is 2. The minimum Gasteiger partial charge on any atom is -0.351 e. The highest BCUT2D eigenvalue weighted by Crippen LogP contribution is 2.22. The number of aryl methyl sites for hydroxylation is 1. The van der Waals surface area contributed by atoms with E-state index in [1.165, 1.54) is 0 Å². The van der Waals surface area contributed by atoms with Gasteiger partial charge in [-0.1, -0.05) is 30.3 Å². The van der Waals surface area contributed by atoms with E-state index in [0.717, 1.165) is 59.9 Å². The van der Waals surface area contributed by atoms with E-state index in [0.29, 0.717) is 6.54 Å². The molecule has 0 spiro atoms. The van der Waals surface area contributed by atoms with E-state index in [1.54, 1.807) is 4.52 Å². The van der Waals surface area contributed by atoms with Crippen LogP contribution in [0.1, 0.15) is 18.7 Å². The molecule has 0 saturated carbocycles. The van der Waals surface area contributed by atoms with Crippen LogP contribution < -0.4 is 10.6 Å². The molecule has 3 heterocycles. The molecule has 5 rings (SSSR count). The lowest BCUT2D eigenvalue weighted by Gasteiger charge is -2.32. The van der Waals surface area contributed by atoms with Crippen molar-refractivity contribution in [3.05, 3.63) is 60.4 Å². The van der Waals surface area contributed by atoms with Crippen LogP contribution in [0, 0.1) is 6.92 Å². The highest BCUT2D eigenvalue weighted by atomic mass is 16.2. The van der Waals surface area contributed by atoms with Gasteiger partial charge in [0.15, 0.2) is 5.65 Å². The van der Waals surface area contributed by atoms with Gasteiger partial charge in [-0.15, -0.1) is 5.10 Å². The molecule has 4 aromatic rings. The fourth-order valence-corrected chi connectivity index (χ4v) is 4.10. The molecule has 1 fully saturated rings. The maximum absolute atomic E-state index is 12.3. The van der Waals surface area contributed by atoms with E-state index in [1.807, 2.05) is 61.5 Å². The predicted molar refractivity (Wildman–Crippen MR) is 121 cm³/mol. The zero-order chi connectivity index (χ0) is 21.2. The van der Waals surface area contributed by atoms with Gasteiger partial charge in [0.05, 0.1) is 12.1 Å². The van der Waals surface area contributed by atoms with Gasteiger partial charge in [-0.05, 0) is 44.0 Å². The van der Waals surface area contributed by atoms with E-state index in [-0.39, 0.29) is 11.9 Å². The Balaban J connectivity index is 1.23. The average molecular weight is 416 g/mol. The first-order chi connectivity index (χ1) is 15.2. The molecule has 1 aliphatic rings. The van der Waals surface area contributed by atoms with E-state index < -0.39 is 0 Å². The third-order valence-corrected chi connectivity index (χ3v) is 5.63. The summed E-state index contributed by atoms with van der Waals surface area (Å²) < 4.78 is 1.80. The minimum atomic E-state index is 0.0219. The maximum atomic E-state index is 12.3. The number of nitrogens with zero attached hydrogens (tertiary/aromatic N) is 5. The second-order valence-corrected chi connectivity index (χ2v) is 7.96. The van der Waals surface area contributed by atoms with Crippen molar-refractivity contribution in [1.82, 2.24) is 24.5 Å². The van der Waals surface area contributed by atoms with Crippen molar-refractivity contribution in [2.75, 3.05) is 30.3 Å². The smallest absolute Gasteiger partial charge is 0.238 e. The Bertz CT molecular complexity index is 1210. The number of amides is 1. The van der Waals surface area contributed by atoms with Gasteiger partial charge >= 0.3 is 0 Å². The van der Waals surface area contributed by atoms with Crippen LogP contribution >= 0.6 is 0 Å². The number of fused-ring (bicyclic) bond motifs is 3. The van der Waals surface area contributed by atoms with Crippen molar-refractivity contribution >= 4 is 34.1 Å². The van der Waals surface area contributed by atoms with Crippen LogP contribution in [0.3, 0.4) is 0 Å². The first-order valence-electron chi connectivity index (χ1n) is 10.6. The number of carbonyl (C=O) groups is 1. The van der Waals surface area contributed by atoms with Crippen molar-refractivity contribution < 1.29 is 4.79 Å². The lowest BCUT2D eigenvalue weighted by Crippen LogP contribution is -2.43. The van der Waals surface area contributed by atoms with Gasteiger partial charge in [-0.25, -0.2) is 9.97 Å². The molecule has 2 aromatic heterocycles. The van der Waals surface area contributed by atoms with E-state index in [2.05, 4.69) is 25.6 Å². The topological polar surface area (TPSA) is 87.5 Å². The van der Waals surface area contributed by atoms with Crippen LogP contribution in [-0.4, -0.2) is 56.1 Å². The number of nitrogens with one attached hydrogen (secondary N) is 2. The normalized spacial score (nSPS) is 15.4. The van der Waals surface area contributed by atoms with E-state index in [4.69, 9.17) is 4.98 Å². The lowest BCUT2D eigenvalue weighted by molar-refractivity contribution is -0.117. The number of hydrogen-bond donors (Lipinski definition) is 2. The Morgan fingerprint density at radius 1 is 1.03 bits per heavy atom. The number of rotatable bonds is 5. The molecule has 8 nitrogen and oxygen atoms in total. The van der Waals surface area contributed by atoms with Crippen LogP contribution in [0.15, 0.2) is 54.6 Å². The summed E-state index contributed by atoms with van der Waals surface area (Å²) in [6.45, 7) is 4.01. The Kier molecular flexibility index (Phi) is 5.21. The molecule has 0 aliphatic carbocycles. The number of hydrogen-bond acceptors (Lipinski definition) is 6. The fourth-order valence-electron chi connectivity index (χ4n) is 4.10. The zero-order valence-corrected chi connectivity index (χ0v) is 17.5. The van der Waals surface area contributed by atoms with Crippen molar-refractivity contribution in [2.45, 2.75) is 25.8 Å². The Hall–Kier alpha value is -3.52. The number of para-hydroxylation sites is 2. The molecule has 1 amide bonds. The molecule has 0 atom stereocenters. The third kappa shape index (κ3) is 4.20. The van der Waals surface area contributed by atoms with Crippen molar-refractivity contribution in [3.63, 3.8) is 0 Å². The first-order valence-corrected chi connectivity index (χ1v) is 10.6. The van der Waals surface area contributed by atoms with Crippen LogP contribution in [0.4, 0.5) is 11.6 Å². The number of aromatic nitrogens is 4. The molecular formula is C23H25N7O. The Morgan fingerprint density at radius 3 is 2.58 bits per heavy atom. The minimum absolute atomic E-state index is 0.0219. The molecule has 2 aromatic carbocycles. The van der Waals surface area contributed by atoms with E-state index in [9.17, 15) is 4.79 Å². The first kappa shape index (κ1) is 19.4. The number of carbonyl (C=O) groups excluding carboxylic acids is 1. The largest absolute Gasteiger partial charge is 0.351 e. The fraction of sp³-hybridized carbons (Fsp3) is 0.304. The van der Waals surface area contributed by atoms with Crippen LogP contribution in [0.5, 0.6) is 0 Å². The predicted octanol–water partition coefficient (Wildman–Crippen LogP) is 3.10. The van der Waals surface area contributed by atoms with Gasteiger partial charge in [0.2, 0.25) is 11.9 Å². The molecule has 0 unspecified atom stereocenters. The van der Waals surface area contributed by atoms with Gasteiger partial charge in [-0.3, -0.25) is 9.69 Å². The SMILES string of the molecule is Cc1nc2c3ccccc3nc(NC3CCN(CC(=O)Nc4ccccc4)CC3)n2n1. The van der Waals surface area contributed by atoms with Gasteiger partial charge in [-0.2, -0.15) is 4.52 Å². The quantitative estimate of drug-likeness (QED) is 0.521. The summed E-state index contributed by atoms with van der Waals surface area (Å²) >= 11 is 0. The molecule has 1 saturated heterocycles. The van der Waals surface area contributed by atoms with Crippen LogP contribution in [-0.2, 0) is 4.79 Å². The van der Waals surface area contributed by atoms with Crippen molar-refractivity contribution in [2.24, 2.45) is 0 Å². The number of likely N-dealkylation sites (tertiary alicyclic amines) is 1. The lowest BCUT2D eigenvalue weighted by atomic mass is 10.1. The molecule has 0 radical (unpaired) electrons. The molecule has 2 N–H and O–H groups in total. The number of anilines is 2. The van der Waals surface area contributed by atoms with E-state index >= 15 is 0 Å². The average Bonchev–Trinajstić information content (AvgIpc) is 3.18. The van der Waals surface area contributed by atoms with Gasteiger partial charge in [0, 0.05) is 30.2 Å². The summed E-state index contributed by atoms with van der Waals surface area (Å²) in [4.78, 5) is 23.9.